The molecule has 0 spiro atoms. The van der Waals surface area contributed by atoms with Crippen LogP contribution in [0.25, 0.3) is 17.0 Å². The average Bonchev–Trinajstić information content (AvgIpc) is 2.44. The quantitative estimate of drug-likeness (QED) is 0.621. The van der Waals surface area contributed by atoms with Crippen LogP contribution in [0, 0.1) is 6.92 Å². The topological polar surface area (TPSA) is 13.1 Å². The lowest BCUT2D eigenvalue weighted by Crippen LogP contribution is -1.75. The molecule has 1 nitrogen and oxygen atoms in total. The lowest BCUT2D eigenvalue weighted by atomic mass is 9.96. The van der Waals surface area contributed by atoms with Gasteiger partial charge in [0.25, 0.3) is 0 Å². The fraction of sp³-hybridized carbons (Fsp3) is 0.167. The summed E-state index contributed by atoms with van der Waals surface area (Å²) in [5.74, 6) is 0.978. The third kappa shape index (κ3) is 1.48. The molecule has 0 unspecified atom stereocenters. The molecule has 2 rings (SSSR count). The van der Waals surface area contributed by atoms with Gasteiger partial charge in [0.15, 0.2) is 0 Å². The van der Waals surface area contributed by atoms with E-state index in [1.54, 1.807) is 0 Å². The second kappa shape index (κ2) is 3.37. The summed E-state index contributed by atoms with van der Waals surface area (Å²) in [6.45, 7) is 4.17. The molecule has 2 aromatic rings. The van der Waals surface area contributed by atoms with E-state index in [9.17, 15) is 0 Å². The molecule has 0 aliphatic carbocycles. The molecule has 0 aliphatic heterocycles. The van der Waals surface area contributed by atoms with Crippen LogP contribution in [0.15, 0.2) is 34.2 Å². The van der Waals surface area contributed by atoms with Crippen LogP contribution < -0.4 is 0 Å². The number of rotatable bonds is 1. The van der Waals surface area contributed by atoms with Crippen LogP contribution in [0.2, 0.25) is 0 Å². The van der Waals surface area contributed by atoms with Crippen molar-refractivity contribution in [3.63, 3.8) is 0 Å². The summed E-state index contributed by atoms with van der Waals surface area (Å²) in [4.78, 5) is 0. The van der Waals surface area contributed by atoms with Crippen molar-refractivity contribution in [3.8, 4) is 0 Å². The van der Waals surface area contributed by atoms with Gasteiger partial charge in [-0.2, -0.15) is 0 Å². The van der Waals surface area contributed by atoms with Crippen molar-refractivity contribution >= 4 is 24.9 Å². The number of hydrogen-bond acceptors (Lipinski definition) is 1. The first-order valence-electron chi connectivity index (χ1n) is 4.81. The molecule has 0 radical (unpaired) electrons. The molecule has 1 aromatic heterocycles. The van der Waals surface area contributed by atoms with Crippen LogP contribution in [0.3, 0.4) is 0 Å². The number of fused-ring (bicyclic) bond motifs is 1. The zero-order chi connectivity index (χ0) is 10.1. The highest BCUT2D eigenvalue weighted by Gasteiger charge is 2.06. The van der Waals surface area contributed by atoms with Gasteiger partial charge in [-0.1, -0.05) is 25.1 Å². The molecule has 70 valence electrons. The Hall–Kier alpha value is -1.44. The van der Waals surface area contributed by atoms with E-state index in [1.807, 2.05) is 18.2 Å². The number of benzene rings is 1. The van der Waals surface area contributed by atoms with Gasteiger partial charge in [0.1, 0.15) is 19.2 Å². The van der Waals surface area contributed by atoms with E-state index in [1.165, 1.54) is 16.4 Å². The largest absolute Gasteiger partial charge is 0.456 e. The molecule has 0 aliphatic rings. The highest BCUT2D eigenvalue weighted by molar-refractivity contribution is 6.23. The standard InChI is InChI=1S/C12H13BO/c1-8(13)7-12-9(2)10-5-3-4-6-11(10)14-12/h3-7H,13H2,1-2H3/b8-7+. The normalized spacial score (nSPS) is 12.3. The van der Waals surface area contributed by atoms with Gasteiger partial charge < -0.3 is 4.42 Å². The molecule has 0 fully saturated rings. The minimum absolute atomic E-state index is 0.970. The van der Waals surface area contributed by atoms with E-state index in [4.69, 9.17) is 4.42 Å². The van der Waals surface area contributed by atoms with Gasteiger partial charge in [-0.3, -0.25) is 0 Å². The zero-order valence-corrected chi connectivity index (χ0v) is 8.79. The molecule has 1 heterocycles. The number of furan rings is 1. The van der Waals surface area contributed by atoms with Crippen LogP contribution in [-0.4, -0.2) is 7.85 Å². The maximum absolute atomic E-state index is 5.73. The van der Waals surface area contributed by atoms with Gasteiger partial charge in [-0.05, 0) is 19.1 Å². The average molecular weight is 184 g/mol. The molecule has 0 bridgehead atoms. The van der Waals surface area contributed by atoms with Crippen LogP contribution in [0.4, 0.5) is 0 Å². The SMILES string of the molecule is B/C(C)=C/c1oc2ccccc2c1C. The first-order chi connectivity index (χ1) is 6.68. The Morgan fingerprint density at radius 3 is 2.71 bits per heavy atom. The van der Waals surface area contributed by atoms with Crippen molar-refractivity contribution in [1.82, 2.24) is 0 Å². The molecular formula is C12H13BO. The summed E-state index contributed by atoms with van der Waals surface area (Å²) >= 11 is 0. The highest BCUT2D eigenvalue weighted by atomic mass is 16.3. The number of allylic oxidation sites excluding steroid dienone is 1. The molecule has 2 heteroatoms. The summed E-state index contributed by atoms with van der Waals surface area (Å²) in [5.41, 5.74) is 3.45. The maximum Gasteiger partial charge on any atom is 0.135 e. The van der Waals surface area contributed by atoms with Crippen molar-refractivity contribution < 1.29 is 4.42 Å². The van der Waals surface area contributed by atoms with Crippen molar-refractivity contribution in [2.45, 2.75) is 13.8 Å². The second-order valence-corrected chi connectivity index (χ2v) is 3.81. The molecule has 0 amide bonds. The predicted molar refractivity (Wildman–Crippen MR) is 63.1 cm³/mol. The van der Waals surface area contributed by atoms with E-state index in [2.05, 4.69) is 33.8 Å². The smallest absolute Gasteiger partial charge is 0.135 e. The number of aryl methyl sites for hydroxylation is 1. The van der Waals surface area contributed by atoms with Crippen molar-refractivity contribution in [3.05, 3.63) is 41.1 Å². The summed E-state index contributed by atoms with van der Waals surface area (Å²) < 4.78 is 5.73. The van der Waals surface area contributed by atoms with Crippen molar-refractivity contribution in [2.24, 2.45) is 0 Å². The molecule has 0 saturated heterocycles. The summed E-state index contributed by atoms with van der Waals surface area (Å²) in [6.07, 6.45) is 2.08. The Kier molecular flexibility index (Phi) is 2.20. The second-order valence-electron chi connectivity index (χ2n) is 3.81. The first kappa shape index (κ1) is 9.13. The van der Waals surface area contributed by atoms with Crippen molar-refractivity contribution in [1.29, 1.82) is 0 Å². The minimum atomic E-state index is 0.970. The lowest BCUT2D eigenvalue weighted by Gasteiger charge is -1.90. The Morgan fingerprint density at radius 2 is 2.07 bits per heavy atom. The van der Waals surface area contributed by atoms with E-state index < -0.39 is 0 Å². The Balaban J connectivity index is 2.69. The van der Waals surface area contributed by atoms with Gasteiger partial charge in [0.05, 0.1) is 0 Å². The Labute approximate surface area is 84.8 Å². The first-order valence-corrected chi connectivity index (χ1v) is 4.81. The molecule has 1 aromatic carbocycles. The van der Waals surface area contributed by atoms with Crippen LogP contribution in [-0.2, 0) is 0 Å². The monoisotopic (exact) mass is 184 g/mol. The molecular weight excluding hydrogens is 171 g/mol. The maximum atomic E-state index is 5.73. The highest BCUT2D eigenvalue weighted by Crippen LogP contribution is 2.26. The lowest BCUT2D eigenvalue weighted by molar-refractivity contribution is 0.601. The third-order valence-electron chi connectivity index (χ3n) is 2.30. The van der Waals surface area contributed by atoms with Crippen LogP contribution in [0.1, 0.15) is 18.2 Å². The number of hydrogen-bond donors (Lipinski definition) is 0. The fourth-order valence-electron chi connectivity index (χ4n) is 1.59. The Bertz CT molecular complexity index is 490. The Morgan fingerprint density at radius 1 is 1.36 bits per heavy atom. The summed E-state index contributed by atoms with van der Waals surface area (Å²) in [6, 6.07) is 8.13. The molecule has 0 N–H and O–H groups in total. The van der Waals surface area contributed by atoms with E-state index in [0.29, 0.717) is 0 Å². The fourth-order valence-corrected chi connectivity index (χ4v) is 1.59. The third-order valence-corrected chi connectivity index (χ3v) is 2.30. The van der Waals surface area contributed by atoms with Gasteiger partial charge in [0, 0.05) is 10.9 Å². The number of para-hydroxylation sites is 1. The van der Waals surface area contributed by atoms with Crippen molar-refractivity contribution in [2.75, 3.05) is 0 Å². The minimum Gasteiger partial charge on any atom is -0.456 e. The molecule has 0 saturated carbocycles. The van der Waals surface area contributed by atoms with Gasteiger partial charge in [-0.25, -0.2) is 0 Å². The van der Waals surface area contributed by atoms with E-state index in [-0.39, 0.29) is 0 Å². The van der Waals surface area contributed by atoms with Gasteiger partial charge >= 0.3 is 0 Å². The predicted octanol–water partition coefficient (Wildman–Crippen LogP) is 2.74. The molecule has 14 heavy (non-hydrogen) atoms. The van der Waals surface area contributed by atoms with Crippen LogP contribution >= 0.6 is 0 Å². The van der Waals surface area contributed by atoms with E-state index in [0.717, 1.165) is 11.3 Å². The summed E-state index contributed by atoms with van der Waals surface area (Å²) in [7, 11) is 2.08. The van der Waals surface area contributed by atoms with Crippen LogP contribution in [0.5, 0.6) is 0 Å². The summed E-state index contributed by atoms with van der Waals surface area (Å²) in [5, 5.41) is 1.21. The zero-order valence-electron chi connectivity index (χ0n) is 8.79. The van der Waals surface area contributed by atoms with E-state index >= 15 is 0 Å². The van der Waals surface area contributed by atoms with Gasteiger partial charge in [-0.15, -0.1) is 5.47 Å². The van der Waals surface area contributed by atoms with Gasteiger partial charge in [0.2, 0.25) is 0 Å². The molecule has 0 atom stereocenters.